The summed E-state index contributed by atoms with van der Waals surface area (Å²) in [7, 11) is 0. The first-order chi connectivity index (χ1) is 11.5. The molecule has 2 rings (SSSR count). The van der Waals surface area contributed by atoms with Gasteiger partial charge in [-0.1, -0.05) is 0 Å². The van der Waals surface area contributed by atoms with Gasteiger partial charge in [-0.2, -0.15) is 8.78 Å². The van der Waals surface area contributed by atoms with Crippen LogP contribution in [0.5, 0.6) is 5.75 Å². The number of halogens is 2. The predicted molar refractivity (Wildman–Crippen MR) is 82.3 cm³/mol. The molecule has 0 aliphatic heterocycles. The summed E-state index contributed by atoms with van der Waals surface area (Å²) in [4.78, 5) is 26.3. The number of nitrogens with one attached hydrogen (secondary N) is 2. The van der Waals surface area contributed by atoms with E-state index in [1.165, 1.54) is 18.3 Å². The Morgan fingerprint density at radius 1 is 1.29 bits per heavy atom. The first kappa shape index (κ1) is 17.4. The van der Waals surface area contributed by atoms with Crippen LogP contribution in [0.1, 0.15) is 12.8 Å². The van der Waals surface area contributed by atoms with Crippen molar-refractivity contribution in [1.82, 2.24) is 10.3 Å². The SMILES string of the molecule is O=C(O)CCCNC(=O)Nc1ccc(OC(F)F)c2cccnc12. The molecule has 24 heavy (non-hydrogen) atoms. The number of benzene rings is 1. The van der Waals surface area contributed by atoms with Gasteiger partial charge in [-0.3, -0.25) is 9.78 Å². The molecule has 0 bridgehead atoms. The maximum Gasteiger partial charge on any atom is 0.387 e. The number of fused-ring (bicyclic) bond motifs is 1. The van der Waals surface area contributed by atoms with Gasteiger partial charge < -0.3 is 20.5 Å². The number of amides is 2. The van der Waals surface area contributed by atoms with Gasteiger partial charge in [-0.15, -0.1) is 0 Å². The van der Waals surface area contributed by atoms with Crippen molar-refractivity contribution in [3.8, 4) is 5.75 Å². The van der Waals surface area contributed by atoms with E-state index in [-0.39, 0.29) is 18.7 Å². The predicted octanol–water partition coefficient (Wildman–Crippen LogP) is 2.82. The summed E-state index contributed by atoms with van der Waals surface area (Å²) < 4.78 is 29.3. The summed E-state index contributed by atoms with van der Waals surface area (Å²) in [5.41, 5.74) is 0.624. The van der Waals surface area contributed by atoms with Crippen LogP contribution in [-0.4, -0.2) is 35.2 Å². The molecule has 0 fully saturated rings. The molecule has 0 saturated heterocycles. The first-order valence-corrected chi connectivity index (χ1v) is 7.06. The van der Waals surface area contributed by atoms with Gasteiger partial charge in [-0.25, -0.2) is 4.79 Å². The van der Waals surface area contributed by atoms with Gasteiger partial charge in [0.1, 0.15) is 5.75 Å². The highest BCUT2D eigenvalue weighted by molar-refractivity contribution is 6.01. The van der Waals surface area contributed by atoms with E-state index in [1.807, 2.05) is 0 Å². The maximum absolute atomic E-state index is 12.4. The quantitative estimate of drug-likeness (QED) is 0.674. The van der Waals surface area contributed by atoms with Crippen LogP contribution >= 0.6 is 0 Å². The second kappa shape index (κ2) is 8.04. The lowest BCUT2D eigenvalue weighted by Gasteiger charge is -2.12. The Labute approximate surface area is 135 Å². The van der Waals surface area contributed by atoms with Crippen molar-refractivity contribution in [3.63, 3.8) is 0 Å². The number of urea groups is 1. The summed E-state index contributed by atoms with van der Waals surface area (Å²) in [6.07, 6.45) is 1.71. The number of aliphatic carboxylic acids is 1. The minimum Gasteiger partial charge on any atom is -0.481 e. The molecule has 128 valence electrons. The van der Waals surface area contributed by atoms with Gasteiger partial charge in [0.15, 0.2) is 0 Å². The average Bonchev–Trinajstić information content (AvgIpc) is 2.53. The van der Waals surface area contributed by atoms with E-state index in [4.69, 9.17) is 5.11 Å². The molecule has 2 amide bonds. The fourth-order valence-corrected chi connectivity index (χ4v) is 2.05. The number of alkyl halides is 2. The topological polar surface area (TPSA) is 101 Å². The smallest absolute Gasteiger partial charge is 0.387 e. The first-order valence-electron chi connectivity index (χ1n) is 7.06. The van der Waals surface area contributed by atoms with Crippen molar-refractivity contribution in [1.29, 1.82) is 0 Å². The number of carboxylic acid groups (broad SMARTS) is 1. The molecule has 9 heteroatoms. The Kier molecular flexibility index (Phi) is 5.83. The highest BCUT2D eigenvalue weighted by atomic mass is 19.3. The number of rotatable bonds is 7. The van der Waals surface area contributed by atoms with Crippen LogP contribution < -0.4 is 15.4 Å². The summed E-state index contributed by atoms with van der Waals surface area (Å²) in [6, 6.07) is 5.29. The molecule has 1 aromatic carbocycles. The summed E-state index contributed by atoms with van der Waals surface area (Å²) in [6.45, 7) is -2.78. The van der Waals surface area contributed by atoms with Crippen LogP contribution in [-0.2, 0) is 4.79 Å². The van der Waals surface area contributed by atoms with Crippen molar-refractivity contribution < 1.29 is 28.2 Å². The summed E-state index contributed by atoms with van der Waals surface area (Å²) >= 11 is 0. The molecular formula is C15H15F2N3O4. The number of anilines is 1. The Hall–Kier alpha value is -2.97. The largest absolute Gasteiger partial charge is 0.481 e. The molecule has 0 aliphatic rings. The fraction of sp³-hybridized carbons (Fsp3) is 0.267. The lowest BCUT2D eigenvalue weighted by atomic mass is 10.1. The van der Waals surface area contributed by atoms with Crippen LogP contribution in [0.3, 0.4) is 0 Å². The number of pyridine rings is 1. The van der Waals surface area contributed by atoms with E-state index < -0.39 is 18.6 Å². The molecule has 0 radical (unpaired) electrons. The Morgan fingerprint density at radius 3 is 2.79 bits per heavy atom. The maximum atomic E-state index is 12.4. The third kappa shape index (κ3) is 4.77. The number of ether oxygens (including phenoxy) is 1. The molecule has 2 aromatic rings. The van der Waals surface area contributed by atoms with Gasteiger partial charge in [0.2, 0.25) is 0 Å². The van der Waals surface area contributed by atoms with E-state index >= 15 is 0 Å². The van der Waals surface area contributed by atoms with Crippen molar-refractivity contribution in [2.24, 2.45) is 0 Å². The standard InChI is InChI=1S/C15H15F2N3O4/c16-14(17)24-11-6-5-10(13-9(11)3-1-7-18-13)20-15(23)19-8-2-4-12(21)22/h1,3,5-7,14H,2,4,8H2,(H,21,22)(H2,19,20,23). The second-order valence-electron chi connectivity index (χ2n) is 4.77. The lowest BCUT2D eigenvalue weighted by Crippen LogP contribution is -2.29. The number of aromatic nitrogens is 1. The number of carboxylic acids is 1. The molecular weight excluding hydrogens is 324 g/mol. The Balaban J connectivity index is 2.09. The second-order valence-corrected chi connectivity index (χ2v) is 4.77. The van der Waals surface area contributed by atoms with E-state index in [9.17, 15) is 18.4 Å². The van der Waals surface area contributed by atoms with Gasteiger partial charge >= 0.3 is 18.6 Å². The van der Waals surface area contributed by atoms with Gasteiger partial charge in [0, 0.05) is 24.5 Å². The van der Waals surface area contributed by atoms with Gasteiger partial charge in [-0.05, 0) is 30.7 Å². The van der Waals surface area contributed by atoms with Crippen LogP contribution in [0.2, 0.25) is 0 Å². The van der Waals surface area contributed by atoms with E-state index in [0.29, 0.717) is 23.0 Å². The van der Waals surface area contributed by atoms with Crippen LogP contribution in [0.25, 0.3) is 10.9 Å². The van der Waals surface area contributed by atoms with Crippen molar-refractivity contribution in [2.45, 2.75) is 19.5 Å². The Morgan fingerprint density at radius 2 is 2.08 bits per heavy atom. The molecule has 1 heterocycles. The van der Waals surface area contributed by atoms with Crippen molar-refractivity contribution in [2.75, 3.05) is 11.9 Å². The molecule has 0 unspecified atom stereocenters. The molecule has 0 saturated carbocycles. The minimum absolute atomic E-state index is 0.0412. The molecule has 0 atom stereocenters. The van der Waals surface area contributed by atoms with Crippen LogP contribution in [0.15, 0.2) is 30.5 Å². The zero-order valence-corrected chi connectivity index (χ0v) is 12.5. The van der Waals surface area contributed by atoms with Gasteiger partial charge in [0.25, 0.3) is 0 Å². The molecule has 0 spiro atoms. The third-order valence-electron chi connectivity index (χ3n) is 3.05. The molecule has 0 aliphatic carbocycles. The third-order valence-corrected chi connectivity index (χ3v) is 3.05. The summed E-state index contributed by atoms with van der Waals surface area (Å²) in [5.74, 6) is -0.984. The van der Waals surface area contributed by atoms with E-state index in [0.717, 1.165) is 0 Å². The number of carbonyl (C=O) groups is 2. The number of hydrogen-bond donors (Lipinski definition) is 3. The number of nitrogens with zero attached hydrogens (tertiary/aromatic N) is 1. The monoisotopic (exact) mass is 339 g/mol. The van der Waals surface area contributed by atoms with Crippen LogP contribution in [0.4, 0.5) is 19.3 Å². The zero-order valence-electron chi connectivity index (χ0n) is 12.5. The fourth-order valence-electron chi connectivity index (χ4n) is 2.05. The van der Waals surface area contributed by atoms with E-state index in [1.54, 1.807) is 12.1 Å². The highest BCUT2D eigenvalue weighted by Gasteiger charge is 2.13. The minimum atomic E-state index is -2.97. The van der Waals surface area contributed by atoms with Crippen LogP contribution in [0, 0.1) is 0 Å². The van der Waals surface area contributed by atoms with Gasteiger partial charge in [0.05, 0.1) is 11.2 Å². The number of carbonyl (C=O) groups excluding carboxylic acids is 1. The normalized spacial score (nSPS) is 10.6. The van der Waals surface area contributed by atoms with Crippen molar-refractivity contribution >= 4 is 28.6 Å². The van der Waals surface area contributed by atoms with Crippen molar-refractivity contribution in [3.05, 3.63) is 30.5 Å². The highest BCUT2D eigenvalue weighted by Crippen LogP contribution is 2.30. The molecule has 3 N–H and O–H groups in total. The lowest BCUT2D eigenvalue weighted by molar-refractivity contribution is -0.137. The zero-order chi connectivity index (χ0) is 17.5. The van der Waals surface area contributed by atoms with E-state index in [2.05, 4.69) is 20.4 Å². The average molecular weight is 339 g/mol. The number of hydrogen-bond acceptors (Lipinski definition) is 4. The molecule has 7 nitrogen and oxygen atoms in total. The summed E-state index contributed by atoms with van der Waals surface area (Å²) in [5, 5.41) is 13.9. The molecule has 1 aromatic heterocycles. The Bertz CT molecular complexity index is 740.